The van der Waals surface area contributed by atoms with Gasteiger partial charge in [0, 0.05) is 36.6 Å². The third-order valence-electron chi connectivity index (χ3n) is 4.92. The van der Waals surface area contributed by atoms with E-state index in [1.165, 1.54) is 0 Å². The van der Waals surface area contributed by atoms with E-state index >= 15 is 0 Å². The molecule has 0 aliphatic carbocycles. The zero-order valence-corrected chi connectivity index (χ0v) is 16.7. The zero-order valence-electron chi connectivity index (χ0n) is 16.7. The summed E-state index contributed by atoms with van der Waals surface area (Å²) in [5, 5.41) is 6.67. The molecule has 1 heterocycles. The normalized spacial score (nSPS) is 11.1. The first-order chi connectivity index (χ1) is 13.0. The number of hydrogen-bond donors (Lipinski definition) is 2. The first kappa shape index (κ1) is 19.0. The number of nitrogens with zero attached hydrogens (tertiary/aromatic N) is 2. The predicted molar refractivity (Wildman–Crippen MR) is 111 cm³/mol. The molecule has 0 fully saturated rings. The lowest BCUT2D eigenvalue weighted by atomic mass is 10.1. The molecule has 6 nitrogen and oxygen atoms in total. The highest BCUT2D eigenvalue weighted by Gasteiger charge is 2.14. The van der Waals surface area contributed by atoms with Crippen molar-refractivity contribution in [2.24, 2.45) is 0 Å². The summed E-state index contributed by atoms with van der Waals surface area (Å²) in [6, 6.07) is 10.2. The van der Waals surface area contributed by atoms with Crippen molar-refractivity contribution >= 4 is 22.4 Å². The Kier molecular flexibility index (Phi) is 5.56. The Bertz CT molecular complexity index is 1020. The van der Waals surface area contributed by atoms with Gasteiger partial charge in [-0.15, -0.1) is 0 Å². The lowest BCUT2D eigenvalue weighted by molar-refractivity contribution is 0.408. The van der Waals surface area contributed by atoms with Crippen LogP contribution in [0, 0.1) is 6.92 Å². The van der Waals surface area contributed by atoms with Crippen molar-refractivity contribution in [1.29, 1.82) is 0 Å². The molecule has 0 bridgehead atoms. The topological polar surface area (TPSA) is 60.2 Å². The molecule has 3 rings (SSSR count). The number of ether oxygens (including phenoxy) is 1. The molecule has 0 amide bonds. The maximum absolute atomic E-state index is 12.6. The molecule has 0 saturated carbocycles. The molecule has 0 aliphatic rings. The van der Waals surface area contributed by atoms with E-state index in [2.05, 4.69) is 35.8 Å². The summed E-state index contributed by atoms with van der Waals surface area (Å²) in [6.45, 7) is 8.11. The SMILES string of the molecule is CCn1c(=O)n(CC)c2cc(Nc3ccc(OC)c(CNC)c3)c(C)cc21. The standard InChI is InChI=1S/C21H28N4O2/c1-6-24-18-10-14(3)17(12-19(18)25(7-2)21(24)26)23-16-8-9-20(27-5)15(11-16)13-22-4/h8-12,22-23H,6-7,13H2,1-5H3. The fourth-order valence-electron chi connectivity index (χ4n) is 3.55. The van der Waals surface area contributed by atoms with Crippen molar-refractivity contribution in [1.82, 2.24) is 14.5 Å². The summed E-state index contributed by atoms with van der Waals surface area (Å²) in [6.07, 6.45) is 0. The lowest BCUT2D eigenvalue weighted by Gasteiger charge is -2.14. The molecular weight excluding hydrogens is 340 g/mol. The molecule has 2 N–H and O–H groups in total. The number of fused-ring (bicyclic) bond motifs is 1. The average Bonchev–Trinajstić information content (AvgIpc) is 2.92. The highest BCUT2D eigenvalue weighted by Crippen LogP contribution is 2.29. The summed E-state index contributed by atoms with van der Waals surface area (Å²) in [5.41, 5.74) is 6.17. The summed E-state index contributed by atoms with van der Waals surface area (Å²) in [7, 11) is 3.60. The van der Waals surface area contributed by atoms with E-state index in [1.54, 1.807) is 7.11 Å². The van der Waals surface area contributed by atoms with Gasteiger partial charge in [0.1, 0.15) is 5.75 Å². The third kappa shape index (κ3) is 3.45. The second-order valence-electron chi connectivity index (χ2n) is 6.61. The lowest BCUT2D eigenvalue weighted by Crippen LogP contribution is -2.23. The quantitative estimate of drug-likeness (QED) is 0.669. The monoisotopic (exact) mass is 368 g/mol. The number of methoxy groups -OCH3 is 1. The second kappa shape index (κ2) is 7.88. The summed E-state index contributed by atoms with van der Waals surface area (Å²) in [5.74, 6) is 0.863. The maximum Gasteiger partial charge on any atom is 0.329 e. The van der Waals surface area contributed by atoms with E-state index < -0.39 is 0 Å². The Balaban J connectivity index is 2.06. The van der Waals surface area contributed by atoms with Gasteiger partial charge in [-0.25, -0.2) is 4.79 Å². The number of aryl methyl sites for hydroxylation is 3. The van der Waals surface area contributed by atoms with Gasteiger partial charge in [-0.3, -0.25) is 9.13 Å². The van der Waals surface area contributed by atoms with Crippen LogP contribution in [0.15, 0.2) is 35.1 Å². The van der Waals surface area contributed by atoms with E-state index in [4.69, 9.17) is 4.74 Å². The Hall–Kier alpha value is -2.73. The van der Waals surface area contributed by atoms with Gasteiger partial charge in [0.2, 0.25) is 0 Å². The maximum atomic E-state index is 12.6. The van der Waals surface area contributed by atoms with Crippen molar-refractivity contribution < 1.29 is 4.74 Å². The van der Waals surface area contributed by atoms with Crippen molar-refractivity contribution in [2.75, 3.05) is 19.5 Å². The van der Waals surface area contributed by atoms with Crippen LogP contribution < -0.4 is 21.1 Å². The fraction of sp³-hybridized carbons (Fsp3) is 0.381. The summed E-state index contributed by atoms with van der Waals surface area (Å²) in [4.78, 5) is 12.6. The van der Waals surface area contributed by atoms with E-state index in [0.29, 0.717) is 13.1 Å². The molecule has 0 radical (unpaired) electrons. The van der Waals surface area contributed by atoms with E-state index in [-0.39, 0.29) is 5.69 Å². The minimum Gasteiger partial charge on any atom is -0.496 e. The van der Waals surface area contributed by atoms with Gasteiger partial charge in [0.25, 0.3) is 0 Å². The highest BCUT2D eigenvalue weighted by molar-refractivity contribution is 5.84. The molecule has 1 aromatic heterocycles. The minimum atomic E-state index is 0.0484. The second-order valence-corrected chi connectivity index (χ2v) is 6.61. The van der Waals surface area contributed by atoms with Crippen LogP contribution in [0.2, 0.25) is 0 Å². The minimum absolute atomic E-state index is 0.0484. The third-order valence-corrected chi connectivity index (χ3v) is 4.92. The van der Waals surface area contributed by atoms with Gasteiger partial charge >= 0.3 is 5.69 Å². The number of nitrogens with one attached hydrogen (secondary N) is 2. The van der Waals surface area contributed by atoms with E-state index in [9.17, 15) is 4.79 Å². The van der Waals surface area contributed by atoms with Crippen LogP contribution in [0.5, 0.6) is 5.75 Å². The molecule has 0 spiro atoms. The molecule has 27 heavy (non-hydrogen) atoms. The van der Waals surface area contributed by atoms with Gasteiger partial charge in [-0.1, -0.05) is 0 Å². The average molecular weight is 368 g/mol. The largest absolute Gasteiger partial charge is 0.496 e. The van der Waals surface area contributed by atoms with Crippen molar-refractivity contribution in [2.45, 2.75) is 40.4 Å². The molecule has 0 atom stereocenters. The molecule has 0 aliphatic heterocycles. The van der Waals surface area contributed by atoms with Crippen LogP contribution >= 0.6 is 0 Å². The van der Waals surface area contributed by atoms with Crippen molar-refractivity contribution in [3.05, 3.63) is 51.9 Å². The number of aromatic nitrogens is 2. The fourth-order valence-corrected chi connectivity index (χ4v) is 3.55. The number of rotatable bonds is 7. The van der Waals surface area contributed by atoms with Crippen LogP contribution in [0.3, 0.4) is 0 Å². The predicted octanol–water partition coefficient (Wildman–Crippen LogP) is 3.62. The Morgan fingerprint density at radius 3 is 2.30 bits per heavy atom. The highest BCUT2D eigenvalue weighted by atomic mass is 16.5. The first-order valence-electron chi connectivity index (χ1n) is 9.36. The number of benzene rings is 2. The Labute approximate surface area is 159 Å². The molecule has 2 aromatic carbocycles. The van der Waals surface area contributed by atoms with Crippen LogP contribution in [-0.2, 0) is 19.6 Å². The molecule has 6 heteroatoms. The van der Waals surface area contributed by atoms with Gasteiger partial charge < -0.3 is 15.4 Å². The zero-order chi connectivity index (χ0) is 19.6. The van der Waals surface area contributed by atoms with E-state index in [1.807, 2.05) is 42.2 Å². The Morgan fingerprint density at radius 1 is 1.04 bits per heavy atom. The van der Waals surface area contributed by atoms with E-state index in [0.717, 1.165) is 45.8 Å². The summed E-state index contributed by atoms with van der Waals surface area (Å²) < 4.78 is 9.09. The molecular formula is C21H28N4O2. The number of imidazole rings is 1. The number of anilines is 2. The molecule has 0 saturated heterocycles. The first-order valence-corrected chi connectivity index (χ1v) is 9.36. The molecule has 0 unspecified atom stereocenters. The van der Waals surface area contributed by atoms with Crippen LogP contribution in [0.25, 0.3) is 11.0 Å². The molecule has 144 valence electrons. The van der Waals surface area contributed by atoms with Gasteiger partial charge in [0.05, 0.1) is 18.1 Å². The van der Waals surface area contributed by atoms with Gasteiger partial charge in [-0.2, -0.15) is 0 Å². The smallest absolute Gasteiger partial charge is 0.329 e. The van der Waals surface area contributed by atoms with Gasteiger partial charge in [0.15, 0.2) is 0 Å². The van der Waals surface area contributed by atoms with Crippen LogP contribution in [-0.4, -0.2) is 23.3 Å². The molecule has 3 aromatic rings. The number of hydrogen-bond acceptors (Lipinski definition) is 4. The van der Waals surface area contributed by atoms with Crippen molar-refractivity contribution in [3.63, 3.8) is 0 Å². The van der Waals surface area contributed by atoms with Gasteiger partial charge in [-0.05, 0) is 63.7 Å². The van der Waals surface area contributed by atoms with Crippen molar-refractivity contribution in [3.8, 4) is 5.75 Å². The van der Waals surface area contributed by atoms with Crippen LogP contribution in [0.4, 0.5) is 11.4 Å². The summed E-state index contributed by atoms with van der Waals surface area (Å²) >= 11 is 0. The Morgan fingerprint density at radius 2 is 1.70 bits per heavy atom. The van der Waals surface area contributed by atoms with Crippen LogP contribution in [0.1, 0.15) is 25.0 Å².